The van der Waals surface area contributed by atoms with Gasteiger partial charge in [0.2, 0.25) is 11.8 Å². The van der Waals surface area contributed by atoms with Crippen molar-refractivity contribution in [3.8, 4) is 0 Å². The molecular weight excluding hydrogens is 466 g/mol. The molecule has 2 aliphatic rings. The quantitative estimate of drug-likeness (QED) is 0.272. The molecule has 0 aromatic heterocycles. The van der Waals surface area contributed by atoms with Crippen LogP contribution in [0, 0.1) is 17.8 Å². The van der Waals surface area contributed by atoms with Crippen LogP contribution in [0.2, 0.25) is 0 Å². The standard InChI is InChI=1S/C27H39NO8/c1-16-11-17(2)27(36-25(33)10-8-6-5-7-9-22(35-4)26(16)34)18(3)21(30)15-20(29)12-19-13-23(31)28-24(32)14-19/h7-11,16,18-20,22,26-27,29,34H,5-6,12-15H2,1-4H3,(H,28,31,32)/t16-,18-,20-,22-,26+,27+/m0/s1. The van der Waals surface area contributed by atoms with Gasteiger partial charge in [0.25, 0.3) is 0 Å². The lowest BCUT2D eigenvalue weighted by atomic mass is 9.85. The fourth-order valence-corrected chi connectivity index (χ4v) is 4.67. The molecule has 1 fully saturated rings. The van der Waals surface area contributed by atoms with Crippen LogP contribution >= 0.6 is 0 Å². The number of rotatable bonds is 7. The summed E-state index contributed by atoms with van der Waals surface area (Å²) in [7, 11) is 1.52. The van der Waals surface area contributed by atoms with Gasteiger partial charge in [-0.2, -0.15) is 0 Å². The van der Waals surface area contributed by atoms with Gasteiger partial charge >= 0.3 is 5.97 Å². The molecule has 1 saturated heterocycles. The third-order valence-electron chi connectivity index (χ3n) is 6.68. The van der Waals surface area contributed by atoms with E-state index in [1.54, 1.807) is 32.1 Å². The lowest BCUT2D eigenvalue weighted by Gasteiger charge is -2.28. The van der Waals surface area contributed by atoms with Crippen LogP contribution in [0.5, 0.6) is 0 Å². The lowest BCUT2D eigenvalue weighted by Crippen LogP contribution is -2.40. The predicted octanol–water partition coefficient (Wildman–Crippen LogP) is 2.16. The minimum atomic E-state index is -1.03. The van der Waals surface area contributed by atoms with Crippen LogP contribution in [0.1, 0.15) is 59.3 Å². The molecule has 3 N–H and O–H groups in total. The summed E-state index contributed by atoms with van der Waals surface area (Å²) in [6.45, 7) is 5.19. The molecule has 2 rings (SSSR count). The molecule has 9 heteroatoms. The zero-order chi connectivity index (χ0) is 26.8. The Balaban J connectivity index is 2.17. The summed E-state index contributed by atoms with van der Waals surface area (Å²) >= 11 is 0. The number of allylic oxidation sites excluding steroid dienone is 2. The van der Waals surface area contributed by atoms with Gasteiger partial charge in [0.1, 0.15) is 18.0 Å². The molecule has 2 aliphatic heterocycles. The van der Waals surface area contributed by atoms with E-state index in [1.165, 1.54) is 13.2 Å². The number of carbonyl (C=O) groups excluding carboxylic acids is 4. The number of cyclic esters (lactones) is 1. The van der Waals surface area contributed by atoms with Crippen LogP contribution in [0.4, 0.5) is 0 Å². The SMILES string of the molecule is CO[C@H]1C=CCCC=CC(=O)O[C@@H]([C@@H](C)C(=O)C[C@@H](O)CC2CC(=O)NC(=O)C2)C(C)=C[C@H](C)[C@H]1O. The average molecular weight is 506 g/mol. The van der Waals surface area contributed by atoms with Gasteiger partial charge in [0, 0.05) is 38.4 Å². The number of esters is 1. The topological polar surface area (TPSA) is 139 Å². The van der Waals surface area contributed by atoms with E-state index in [0.717, 1.165) is 0 Å². The van der Waals surface area contributed by atoms with Gasteiger partial charge in [-0.1, -0.05) is 38.2 Å². The van der Waals surface area contributed by atoms with Crippen LogP contribution in [0.25, 0.3) is 0 Å². The first-order valence-electron chi connectivity index (χ1n) is 12.5. The average Bonchev–Trinajstić information content (AvgIpc) is 2.79. The smallest absolute Gasteiger partial charge is 0.331 e. The summed E-state index contributed by atoms with van der Waals surface area (Å²) < 4.78 is 11.1. The molecule has 36 heavy (non-hydrogen) atoms. The first-order valence-corrected chi connectivity index (χ1v) is 12.5. The molecule has 2 amide bonds. The molecule has 9 nitrogen and oxygen atoms in total. The Hall–Kier alpha value is -2.62. The summed E-state index contributed by atoms with van der Waals surface area (Å²) in [5, 5.41) is 23.5. The van der Waals surface area contributed by atoms with Gasteiger partial charge in [-0.15, -0.1) is 0 Å². The molecule has 0 spiro atoms. The van der Waals surface area contributed by atoms with Gasteiger partial charge in [0.15, 0.2) is 0 Å². The van der Waals surface area contributed by atoms with Crippen molar-refractivity contribution in [3.63, 3.8) is 0 Å². The van der Waals surface area contributed by atoms with Crippen molar-refractivity contribution in [2.75, 3.05) is 7.11 Å². The largest absolute Gasteiger partial charge is 0.454 e. The Morgan fingerprint density at radius 3 is 2.47 bits per heavy atom. The second kappa shape index (κ2) is 14.2. The van der Waals surface area contributed by atoms with Crippen LogP contribution in [-0.4, -0.2) is 65.3 Å². The highest BCUT2D eigenvalue weighted by molar-refractivity contribution is 5.97. The third-order valence-corrected chi connectivity index (χ3v) is 6.68. The Labute approximate surface area is 212 Å². The highest BCUT2D eigenvalue weighted by Gasteiger charge is 2.33. The Morgan fingerprint density at radius 2 is 1.83 bits per heavy atom. The summed E-state index contributed by atoms with van der Waals surface area (Å²) in [5.74, 6) is -3.10. The maximum absolute atomic E-state index is 13.1. The number of nitrogens with one attached hydrogen (secondary N) is 1. The molecule has 0 radical (unpaired) electrons. The number of hydrogen-bond acceptors (Lipinski definition) is 8. The Morgan fingerprint density at radius 1 is 1.19 bits per heavy atom. The monoisotopic (exact) mass is 505 g/mol. The minimum absolute atomic E-state index is 0.124. The second-order valence-electron chi connectivity index (χ2n) is 9.82. The molecule has 0 bridgehead atoms. The zero-order valence-electron chi connectivity index (χ0n) is 21.5. The molecule has 0 aromatic rings. The molecule has 6 atom stereocenters. The fraction of sp³-hybridized carbons (Fsp3) is 0.630. The third kappa shape index (κ3) is 9.11. The fourth-order valence-electron chi connectivity index (χ4n) is 4.67. The van der Waals surface area contributed by atoms with Crippen molar-refractivity contribution in [1.82, 2.24) is 5.32 Å². The number of methoxy groups -OCH3 is 1. The summed E-state index contributed by atoms with van der Waals surface area (Å²) in [5.41, 5.74) is 0.601. The van der Waals surface area contributed by atoms with Crippen molar-refractivity contribution in [2.24, 2.45) is 17.8 Å². The molecular formula is C27H39NO8. The van der Waals surface area contributed by atoms with E-state index in [1.807, 2.05) is 13.0 Å². The van der Waals surface area contributed by atoms with Crippen LogP contribution in [-0.2, 0) is 28.7 Å². The van der Waals surface area contributed by atoms with Crippen molar-refractivity contribution in [2.45, 2.75) is 83.7 Å². The number of imide groups is 1. The number of amides is 2. The van der Waals surface area contributed by atoms with E-state index in [-0.39, 0.29) is 55.1 Å². The number of Topliss-reactive ketones (excluding diaryl/α,β-unsaturated/α-hetero) is 1. The van der Waals surface area contributed by atoms with Crippen LogP contribution < -0.4 is 5.32 Å². The Bertz CT molecular complexity index is 876. The van der Waals surface area contributed by atoms with E-state index in [2.05, 4.69) is 5.32 Å². The first-order chi connectivity index (χ1) is 17.0. The molecule has 0 saturated carbocycles. The maximum Gasteiger partial charge on any atom is 0.331 e. The lowest BCUT2D eigenvalue weighted by molar-refractivity contribution is -0.145. The van der Waals surface area contributed by atoms with E-state index in [9.17, 15) is 29.4 Å². The number of aliphatic hydroxyl groups is 2. The molecule has 0 aliphatic carbocycles. The molecule has 2 heterocycles. The maximum atomic E-state index is 13.1. The number of piperidine rings is 1. The van der Waals surface area contributed by atoms with E-state index in [4.69, 9.17) is 9.47 Å². The molecule has 200 valence electrons. The number of ketones is 1. The van der Waals surface area contributed by atoms with Gasteiger partial charge in [-0.3, -0.25) is 19.7 Å². The Kier molecular flexibility index (Phi) is 11.7. The van der Waals surface area contributed by atoms with Gasteiger partial charge < -0.3 is 19.7 Å². The van der Waals surface area contributed by atoms with Crippen molar-refractivity contribution < 1.29 is 38.9 Å². The number of aliphatic hydroxyl groups excluding tert-OH is 2. The zero-order valence-corrected chi connectivity index (χ0v) is 21.5. The summed E-state index contributed by atoms with van der Waals surface area (Å²) in [6, 6.07) is 0. The van der Waals surface area contributed by atoms with Gasteiger partial charge in [-0.25, -0.2) is 4.79 Å². The molecule has 0 unspecified atom stereocenters. The highest BCUT2D eigenvalue weighted by Crippen LogP contribution is 2.26. The number of hydrogen-bond donors (Lipinski definition) is 3. The normalized spacial score (nSPS) is 28.5. The summed E-state index contributed by atoms with van der Waals surface area (Å²) in [6.07, 6.45) is 6.66. The van der Waals surface area contributed by atoms with E-state index < -0.39 is 36.3 Å². The minimum Gasteiger partial charge on any atom is -0.454 e. The van der Waals surface area contributed by atoms with Gasteiger partial charge in [0.05, 0.1) is 18.1 Å². The van der Waals surface area contributed by atoms with E-state index in [0.29, 0.717) is 18.4 Å². The number of ether oxygens (including phenoxy) is 2. The predicted molar refractivity (Wildman–Crippen MR) is 132 cm³/mol. The van der Waals surface area contributed by atoms with E-state index >= 15 is 0 Å². The second-order valence-corrected chi connectivity index (χ2v) is 9.82. The number of carbonyl (C=O) groups is 4. The van der Waals surface area contributed by atoms with Crippen LogP contribution in [0.3, 0.4) is 0 Å². The highest BCUT2D eigenvalue weighted by atomic mass is 16.5. The van der Waals surface area contributed by atoms with Crippen LogP contribution in [0.15, 0.2) is 36.0 Å². The van der Waals surface area contributed by atoms with Crippen molar-refractivity contribution in [1.29, 1.82) is 0 Å². The van der Waals surface area contributed by atoms with Crippen molar-refractivity contribution in [3.05, 3.63) is 36.0 Å². The van der Waals surface area contributed by atoms with Gasteiger partial charge in [-0.05, 0) is 37.7 Å². The molecule has 0 aromatic carbocycles. The first kappa shape index (κ1) is 29.6. The van der Waals surface area contributed by atoms with Crippen molar-refractivity contribution >= 4 is 23.6 Å². The summed E-state index contributed by atoms with van der Waals surface area (Å²) in [4.78, 5) is 48.7.